The second-order valence-corrected chi connectivity index (χ2v) is 7.13. The molecule has 0 N–H and O–H groups in total. The number of ether oxygens (including phenoxy) is 2. The number of nitrogens with zero attached hydrogens (tertiary/aromatic N) is 2. The van der Waals surface area contributed by atoms with Crippen LogP contribution in [0.3, 0.4) is 0 Å². The number of rotatable bonds is 10. The molecule has 0 aliphatic heterocycles. The van der Waals surface area contributed by atoms with Gasteiger partial charge < -0.3 is 14.3 Å². The SMILES string of the molecule is CCCc1ccc(OCc2ccc(OC/C(=N\OC)c3ccc(C#N)cc3)cc2)cc1F. The fourth-order valence-electron chi connectivity index (χ4n) is 3.10. The normalized spacial score (nSPS) is 11.0. The summed E-state index contributed by atoms with van der Waals surface area (Å²) in [6.45, 7) is 2.56. The van der Waals surface area contributed by atoms with Gasteiger partial charge in [0, 0.05) is 11.6 Å². The van der Waals surface area contributed by atoms with Gasteiger partial charge in [0.15, 0.2) is 0 Å². The summed E-state index contributed by atoms with van der Waals surface area (Å²) in [5.74, 6) is 0.940. The number of benzene rings is 3. The first-order chi connectivity index (χ1) is 15.6. The van der Waals surface area contributed by atoms with E-state index in [-0.39, 0.29) is 12.4 Å². The molecule has 164 valence electrons. The van der Waals surface area contributed by atoms with Gasteiger partial charge in [-0.25, -0.2) is 4.39 Å². The third kappa shape index (κ3) is 6.32. The van der Waals surface area contributed by atoms with Gasteiger partial charge in [0.1, 0.15) is 43.4 Å². The van der Waals surface area contributed by atoms with E-state index < -0.39 is 0 Å². The van der Waals surface area contributed by atoms with Crippen molar-refractivity contribution in [2.75, 3.05) is 13.7 Å². The zero-order valence-corrected chi connectivity index (χ0v) is 18.2. The lowest BCUT2D eigenvalue weighted by atomic mass is 10.1. The van der Waals surface area contributed by atoms with Gasteiger partial charge in [-0.1, -0.05) is 48.8 Å². The minimum Gasteiger partial charge on any atom is -0.489 e. The van der Waals surface area contributed by atoms with Crippen LogP contribution in [0.4, 0.5) is 4.39 Å². The fourth-order valence-corrected chi connectivity index (χ4v) is 3.10. The van der Waals surface area contributed by atoms with Crippen LogP contribution in [0.1, 0.15) is 35.6 Å². The lowest BCUT2D eigenvalue weighted by Gasteiger charge is -2.11. The highest BCUT2D eigenvalue weighted by Gasteiger charge is 2.08. The van der Waals surface area contributed by atoms with E-state index in [0.29, 0.717) is 34.9 Å². The van der Waals surface area contributed by atoms with E-state index in [1.807, 2.05) is 31.2 Å². The molecule has 0 fully saturated rings. The van der Waals surface area contributed by atoms with Crippen molar-refractivity contribution in [2.24, 2.45) is 5.16 Å². The number of aryl methyl sites for hydroxylation is 1. The standard InChI is InChI=1S/C26H25FN2O3/c1-3-4-21-11-14-24(15-25(21)27)31-17-20-7-12-23(13-8-20)32-18-26(29-30-2)22-9-5-19(16-28)6-10-22/h5-15H,3-4,17-18H2,1-2H3/b29-26+. The molecule has 6 heteroatoms. The van der Waals surface area contributed by atoms with Crippen molar-refractivity contribution in [3.63, 3.8) is 0 Å². The van der Waals surface area contributed by atoms with Crippen LogP contribution in [-0.4, -0.2) is 19.4 Å². The van der Waals surface area contributed by atoms with Crippen molar-refractivity contribution in [1.82, 2.24) is 0 Å². The van der Waals surface area contributed by atoms with E-state index >= 15 is 0 Å². The quantitative estimate of drug-likeness (QED) is 0.306. The van der Waals surface area contributed by atoms with Gasteiger partial charge in [0.2, 0.25) is 0 Å². The molecule has 0 atom stereocenters. The topological polar surface area (TPSA) is 63.8 Å². The molecule has 0 saturated heterocycles. The first-order valence-corrected chi connectivity index (χ1v) is 10.4. The van der Waals surface area contributed by atoms with Gasteiger partial charge in [-0.05, 0) is 47.9 Å². The Labute approximate surface area is 187 Å². The van der Waals surface area contributed by atoms with Crippen molar-refractivity contribution in [1.29, 1.82) is 5.26 Å². The summed E-state index contributed by atoms with van der Waals surface area (Å²) in [6.07, 6.45) is 1.62. The molecule has 0 heterocycles. The Hall–Kier alpha value is -3.85. The summed E-state index contributed by atoms with van der Waals surface area (Å²) in [5, 5.41) is 13.0. The van der Waals surface area contributed by atoms with Crippen molar-refractivity contribution in [3.05, 3.63) is 94.8 Å². The number of nitriles is 1. The van der Waals surface area contributed by atoms with Crippen molar-refractivity contribution >= 4 is 5.71 Å². The Balaban J connectivity index is 1.56. The highest BCUT2D eigenvalue weighted by Crippen LogP contribution is 2.20. The molecular weight excluding hydrogens is 407 g/mol. The molecule has 0 saturated carbocycles. The summed E-state index contributed by atoms with van der Waals surface area (Å²) in [6, 6.07) is 21.6. The van der Waals surface area contributed by atoms with Crippen LogP contribution in [0.2, 0.25) is 0 Å². The molecule has 3 rings (SSSR count). The maximum absolute atomic E-state index is 14.1. The van der Waals surface area contributed by atoms with Crippen LogP contribution >= 0.6 is 0 Å². The number of oxime groups is 1. The highest BCUT2D eigenvalue weighted by atomic mass is 19.1. The second-order valence-electron chi connectivity index (χ2n) is 7.13. The Morgan fingerprint density at radius 3 is 2.31 bits per heavy atom. The smallest absolute Gasteiger partial charge is 0.134 e. The number of halogens is 1. The van der Waals surface area contributed by atoms with Crippen LogP contribution in [-0.2, 0) is 17.9 Å². The maximum Gasteiger partial charge on any atom is 0.134 e. The van der Waals surface area contributed by atoms with E-state index in [0.717, 1.165) is 24.0 Å². The lowest BCUT2D eigenvalue weighted by molar-refractivity contribution is 0.210. The minimum absolute atomic E-state index is 0.207. The van der Waals surface area contributed by atoms with E-state index in [1.165, 1.54) is 13.2 Å². The van der Waals surface area contributed by atoms with Gasteiger partial charge in [0.25, 0.3) is 0 Å². The average molecular weight is 432 g/mol. The molecule has 5 nitrogen and oxygen atoms in total. The molecular formula is C26H25FN2O3. The minimum atomic E-state index is -0.233. The van der Waals surface area contributed by atoms with Crippen molar-refractivity contribution in [3.8, 4) is 17.6 Å². The molecule has 3 aromatic carbocycles. The lowest BCUT2D eigenvalue weighted by Crippen LogP contribution is -2.13. The van der Waals surface area contributed by atoms with Crippen LogP contribution in [0.5, 0.6) is 11.5 Å². The Morgan fingerprint density at radius 1 is 0.969 bits per heavy atom. The number of hydrogen-bond acceptors (Lipinski definition) is 5. The largest absolute Gasteiger partial charge is 0.489 e. The molecule has 0 aromatic heterocycles. The second kappa shape index (κ2) is 11.5. The van der Waals surface area contributed by atoms with Crippen LogP contribution in [0.15, 0.2) is 71.9 Å². The van der Waals surface area contributed by atoms with Gasteiger partial charge in [0.05, 0.1) is 11.6 Å². The molecule has 0 aliphatic carbocycles. The highest BCUT2D eigenvalue weighted by molar-refractivity contribution is 6.01. The molecule has 0 unspecified atom stereocenters. The molecule has 3 aromatic rings. The zero-order valence-electron chi connectivity index (χ0n) is 18.2. The summed E-state index contributed by atoms with van der Waals surface area (Å²) in [4.78, 5) is 4.93. The van der Waals surface area contributed by atoms with Crippen LogP contribution in [0.25, 0.3) is 0 Å². The third-order valence-electron chi connectivity index (χ3n) is 4.80. The molecule has 0 radical (unpaired) electrons. The van der Waals surface area contributed by atoms with Crippen LogP contribution < -0.4 is 9.47 Å². The van der Waals surface area contributed by atoms with Gasteiger partial charge >= 0.3 is 0 Å². The average Bonchev–Trinajstić information content (AvgIpc) is 2.83. The fraction of sp³-hybridized carbons (Fsp3) is 0.231. The number of hydrogen-bond donors (Lipinski definition) is 0. The molecule has 0 aliphatic rings. The van der Waals surface area contributed by atoms with E-state index in [4.69, 9.17) is 19.6 Å². The molecule has 32 heavy (non-hydrogen) atoms. The summed E-state index contributed by atoms with van der Waals surface area (Å²) < 4.78 is 25.6. The predicted molar refractivity (Wildman–Crippen MR) is 121 cm³/mol. The Bertz CT molecular complexity index is 1090. The van der Waals surface area contributed by atoms with Crippen molar-refractivity contribution in [2.45, 2.75) is 26.4 Å². The van der Waals surface area contributed by atoms with Crippen molar-refractivity contribution < 1.29 is 18.7 Å². The summed E-state index contributed by atoms with van der Waals surface area (Å²) in [5.41, 5.74) is 3.64. The van der Waals surface area contributed by atoms with Gasteiger partial charge in [-0.2, -0.15) is 5.26 Å². The first kappa shape index (κ1) is 22.8. The maximum atomic E-state index is 14.1. The van der Waals surface area contributed by atoms with E-state index in [2.05, 4.69) is 11.2 Å². The molecule has 0 bridgehead atoms. The van der Waals surface area contributed by atoms with Gasteiger partial charge in [-0.15, -0.1) is 0 Å². The molecule has 0 amide bonds. The summed E-state index contributed by atoms with van der Waals surface area (Å²) in [7, 11) is 1.47. The zero-order chi connectivity index (χ0) is 22.8. The van der Waals surface area contributed by atoms with E-state index in [1.54, 1.807) is 36.4 Å². The first-order valence-electron chi connectivity index (χ1n) is 10.4. The summed E-state index contributed by atoms with van der Waals surface area (Å²) >= 11 is 0. The predicted octanol–water partition coefficient (Wildman–Crippen LogP) is 5.66. The van der Waals surface area contributed by atoms with Crippen LogP contribution in [0, 0.1) is 17.1 Å². The van der Waals surface area contributed by atoms with Gasteiger partial charge in [-0.3, -0.25) is 0 Å². The Kier molecular flexibility index (Phi) is 8.22. The third-order valence-corrected chi connectivity index (χ3v) is 4.80. The van der Waals surface area contributed by atoms with E-state index in [9.17, 15) is 4.39 Å². The molecule has 0 spiro atoms. The monoisotopic (exact) mass is 432 g/mol. The Morgan fingerprint density at radius 2 is 1.69 bits per heavy atom.